The molecule has 5 nitrogen and oxygen atoms in total. The summed E-state index contributed by atoms with van der Waals surface area (Å²) in [6.07, 6.45) is 0.289. The molecule has 17 heavy (non-hydrogen) atoms. The molecule has 0 aromatic heterocycles. The number of hydrogen-bond acceptors (Lipinski definition) is 5. The van der Waals surface area contributed by atoms with Gasteiger partial charge in [0.1, 0.15) is 0 Å². The highest BCUT2D eigenvalue weighted by molar-refractivity contribution is 5.73. The largest absolute Gasteiger partial charge is 0.493 e. The summed E-state index contributed by atoms with van der Waals surface area (Å²) in [5.74, 6) is 1.39. The number of ether oxygens (including phenoxy) is 4. The van der Waals surface area contributed by atoms with E-state index in [9.17, 15) is 4.79 Å². The van der Waals surface area contributed by atoms with E-state index in [1.165, 1.54) is 21.3 Å². The van der Waals surface area contributed by atoms with Gasteiger partial charge in [-0.05, 0) is 0 Å². The van der Waals surface area contributed by atoms with Crippen molar-refractivity contribution in [3.8, 4) is 23.0 Å². The molecular weight excluding hydrogens is 224 g/mol. The minimum absolute atomic E-state index is 0.289. The Labute approximate surface area is 100 Å². The molecule has 0 unspecified atom stereocenters. The minimum Gasteiger partial charge on any atom is -0.493 e. The molecule has 1 aromatic rings. The summed E-state index contributed by atoms with van der Waals surface area (Å²) in [7, 11) is 4.52. The molecule has 0 bridgehead atoms. The van der Waals surface area contributed by atoms with Gasteiger partial charge in [0.15, 0.2) is 23.0 Å². The monoisotopic (exact) mass is 240 g/mol. The normalized spacial score (nSPS) is 9.65. The van der Waals surface area contributed by atoms with Crippen LogP contribution < -0.4 is 18.9 Å². The van der Waals surface area contributed by atoms with Crippen molar-refractivity contribution in [2.75, 3.05) is 21.3 Å². The molecule has 0 atom stereocenters. The first-order valence-electron chi connectivity index (χ1n) is 5.16. The number of carbonyl (C=O) groups excluding carboxylic acids is 1. The fourth-order valence-electron chi connectivity index (χ4n) is 1.28. The fourth-order valence-corrected chi connectivity index (χ4v) is 1.28. The zero-order valence-electron chi connectivity index (χ0n) is 10.4. The summed E-state index contributed by atoms with van der Waals surface area (Å²) in [6, 6.07) is 3.17. The summed E-state index contributed by atoms with van der Waals surface area (Å²) in [5, 5.41) is 0. The van der Waals surface area contributed by atoms with Crippen LogP contribution in [0.1, 0.15) is 13.3 Å². The van der Waals surface area contributed by atoms with Gasteiger partial charge < -0.3 is 18.9 Å². The first kappa shape index (κ1) is 13.2. The quantitative estimate of drug-likeness (QED) is 0.582. The molecule has 0 radical (unpaired) electrons. The summed E-state index contributed by atoms with van der Waals surface area (Å²) in [5.41, 5.74) is 0. The first-order chi connectivity index (χ1) is 8.15. The van der Waals surface area contributed by atoms with Crippen molar-refractivity contribution in [1.82, 2.24) is 0 Å². The Bertz CT molecular complexity index is 400. The Morgan fingerprint density at radius 2 is 1.35 bits per heavy atom. The van der Waals surface area contributed by atoms with Crippen LogP contribution in [0.3, 0.4) is 0 Å². The van der Waals surface area contributed by atoms with E-state index in [0.29, 0.717) is 23.0 Å². The number of benzene rings is 1. The molecule has 5 heteroatoms. The number of methoxy groups -OCH3 is 3. The molecule has 0 N–H and O–H groups in total. The van der Waals surface area contributed by atoms with Crippen molar-refractivity contribution < 1.29 is 23.7 Å². The van der Waals surface area contributed by atoms with Crippen molar-refractivity contribution >= 4 is 5.97 Å². The van der Waals surface area contributed by atoms with Crippen molar-refractivity contribution in [3.05, 3.63) is 12.1 Å². The highest BCUT2D eigenvalue weighted by Gasteiger charge is 2.14. The SMILES string of the molecule is CCC(=O)Oc1cc(OC)c(OC)cc1OC. The first-order valence-corrected chi connectivity index (χ1v) is 5.16. The molecule has 1 rings (SSSR count). The number of carbonyl (C=O) groups is 1. The molecule has 0 saturated carbocycles. The molecule has 0 amide bonds. The maximum atomic E-state index is 11.3. The highest BCUT2D eigenvalue weighted by atomic mass is 16.6. The lowest BCUT2D eigenvalue weighted by molar-refractivity contribution is -0.134. The van der Waals surface area contributed by atoms with E-state index in [2.05, 4.69) is 0 Å². The zero-order chi connectivity index (χ0) is 12.8. The molecule has 0 aliphatic heterocycles. The summed E-state index contributed by atoms with van der Waals surface area (Å²) in [4.78, 5) is 11.3. The van der Waals surface area contributed by atoms with Crippen LogP contribution in [0.15, 0.2) is 12.1 Å². The van der Waals surface area contributed by atoms with Gasteiger partial charge in [-0.3, -0.25) is 4.79 Å². The highest BCUT2D eigenvalue weighted by Crippen LogP contribution is 2.39. The van der Waals surface area contributed by atoms with E-state index in [1.807, 2.05) is 0 Å². The van der Waals surface area contributed by atoms with E-state index in [4.69, 9.17) is 18.9 Å². The van der Waals surface area contributed by atoms with Crippen molar-refractivity contribution in [2.45, 2.75) is 13.3 Å². The van der Waals surface area contributed by atoms with Gasteiger partial charge in [-0.15, -0.1) is 0 Å². The van der Waals surface area contributed by atoms with E-state index in [0.717, 1.165) is 0 Å². The van der Waals surface area contributed by atoms with E-state index in [-0.39, 0.29) is 12.4 Å². The van der Waals surface area contributed by atoms with Crippen LogP contribution >= 0.6 is 0 Å². The third-order valence-corrected chi connectivity index (χ3v) is 2.18. The Balaban J connectivity index is 3.14. The zero-order valence-corrected chi connectivity index (χ0v) is 10.4. The fraction of sp³-hybridized carbons (Fsp3) is 0.417. The van der Waals surface area contributed by atoms with Crippen molar-refractivity contribution in [3.63, 3.8) is 0 Å². The predicted octanol–water partition coefficient (Wildman–Crippen LogP) is 2.03. The van der Waals surface area contributed by atoms with Crippen LogP contribution in [0.5, 0.6) is 23.0 Å². The summed E-state index contributed by atoms with van der Waals surface area (Å²) >= 11 is 0. The Morgan fingerprint density at radius 3 is 1.76 bits per heavy atom. The Morgan fingerprint density at radius 1 is 0.941 bits per heavy atom. The van der Waals surface area contributed by atoms with Crippen LogP contribution in [0, 0.1) is 0 Å². The summed E-state index contributed by atoms with van der Waals surface area (Å²) in [6.45, 7) is 1.72. The van der Waals surface area contributed by atoms with Crippen LogP contribution in [-0.2, 0) is 4.79 Å². The average Bonchev–Trinajstić information content (AvgIpc) is 2.37. The smallest absolute Gasteiger partial charge is 0.311 e. The lowest BCUT2D eigenvalue weighted by atomic mass is 10.2. The maximum Gasteiger partial charge on any atom is 0.311 e. The van der Waals surface area contributed by atoms with Gasteiger partial charge in [-0.25, -0.2) is 0 Å². The second kappa shape index (κ2) is 5.98. The van der Waals surface area contributed by atoms with Crippen LogP contribution in [-0.4, -0.2) is 27.3 Å². The number of hydrogen-bond donors (Lipinski definition) is 0. The van der Waals surface area contributed by atoms with Crippen molar-refractivity contribution in [1.29, 1.82) is 0 Å². The lowest BCUT2D eigenvalue weighted by Crippen LogP contribution is -2.07. The van der Waals surface area contributed by atoms with Gasteiger partial charge >= 0.3 is 5.97 Å². The topological polar surface area (TPSA) is 54.0 Å². The van der Waals surface area contributed by atoms with Gasteiger partial charge in [-0.2, -0.15) is 0 Å². The van der Waals surface area contributed by atoms with Gasteiger partial charge in [0, 0.05) is 18.6 Å². The second-order valence-corrected chi connectivity index (χ2v) is 3.19. The molecule has 0 saturated heterocycles. The Hall–Kier alpha value is -1.91. The number of esters is 1. The lowest BCUT2D eigenvalue weighted by Gasteiger charge is -2.13. The van der Waals surface area contributed by atoms with Crippen molar-refractivity contribution in [2.24, 2.45) is 0 Å². The third kappa shape index (κ3) is 3.03. The van der Waals surface area contributed by atoms with Gasteiger partial charge in [0.05, 0.1) is 21.3 Å². The molecule has 0 fully saturated rings. The minimum atomic E-state index is -0.337. The van der Waals surface area contributed by atoms with Crippen LogP contribution in [0.2, 0.25) is 0 Å². The van der Waals surface area contributed by atoms with E-state index < -0.39 is 0 Å². The average molecular weight is 240 g/mol. The molecule has 94 valence electrons. The third-order valence-electron chi connectivity index (χ3n) is 2.18. The van der Waals surface area contributed by atoms with Gasteiger partial charge in [0.2, 0.25) is 0 Å². The molecule has 0 aliphatic carbocycles. The molecule has 1 aromatic carbocycles. The van der Waals surface area contributed by atoms with E-state index in [1.54, 1.807) is 19.1 Å². The maximum absolute atomic E-state index is 11.3. The molecular formula is C12H16O5. The van der Waals surface area contributed by atoms with Gasteiger partial charge in [0.25, 0.3) is 0 Å². The standard InChI is InChI=1S/C12H16O5/c1-5-12(13)17-11-7-9(15-3)8(14-2)6-10(11)16-4/h6-7H,5H2,1-4H3. The van der Waals surface area contributed by atoms with Gasteiger partial charge in [-0.1, -0.05) is 6.92 Å². The Kier molecular flexibility index (Phi) is 4.63. The number of rotatable bonds is 5. The molecule has 0 heterocycles. The van der Waals surface area contributed by atoms with Crippen LogP contribution in [0.4, 0.5) is 0 Å². The van der Waals surface area contributed by atoms with E-state index >= 15 is 0 Å². The molecule has 0 spiro atoms. The van der Waals surface area contributed by atoms with Crippen LogP contribution in [0.25, 0.3) is 0 Å². The summed E-state index contributed by atoms with van der Waals surface area (Å²) < 4.78 is 20.5. The predicted molar refractivity (Wildman–Crippen MR) is 62.0 cm³/mol. The second-order valence-electron chi connectivity index (χ2n) is 3.19. The molecule has 0 aliphatic rings.